The predicted molar refractivity (Wildman–Crippen MR) is 80.7 cm³/mol. The molecule has 1 heterocycles. The quantitative estimate of drug-likeness (QED) is 0.802. The van der Waals surface area contributed by atoms with E-state index in [1.165, 1.54) is 16.8 Å². The molecule has 0 fully saturated rings. The molecule has 4 nitrogen and oxygen atoms in total. The molecule has 0 amide bonds. The lowest BCUT2D eigenvalue weighted by Gasteiger charge is -2.08. The molecule has 3 aromatic rings. The Morgan fingerprint density at radius 3 is 2.32 bits per heavy atom. The van der Waals surface area contributed by atoms with Crippen LogP contribution in [0.1, 0.15) is 16.1 Å². The molecule has 1 N–H and O–H groups in total. The van der Waals surface area contributed by atoms with Gasteiger partial charge in [-0.1, -0.05) is 30.3 Å². The van der Waals surface area contributed by atoms with Crippen LogP contribution in [0.15, 0.2) is 54.6 Å². The van der Waals surface area contributed by atoms with Crippen molar-refractivity contribution in [3.63, 3.8) is 0 Å². The van der Waals surface area contributed by atoms with E-state index in [2.05, 4.69) is 5.10 Å². The van der Waals surface area contributed by atoms with Gasteiger partial charge in [-0.25, -0.2) is 13.9 Å². The molecule has 0 saturated heterocycles. The molecule has 22 heavy (non-hydrogen) atoms. The molecule has 0 aliphatic rings. The van der Waals surface area contributed by atoms with Gasteiger partial charge in [0.25, 0.3) is 0 Å². The molecule has 0 atom stereocenters. The first-order valence-electron chi connectivity index (χ1n) is 6.72. The van der Waals surface area contributed by atoms with E-state index in [0.717, 1.165) is 5.56 Å². The van der Waals surface area contributed by atoms with Gasteiger partial charge < -0.3 is 5.11 Å². The zero-order valence-corrected chi connectivity index (χ0v) is 11.8. The summed E-state index contributed by atoms with van der Waals surface area (Å²) in [6.07, 6.45) is 0. The van der Waals surface area contributed by atoms with Crippen molar-refractivity contribution < 1.29 is 14.3 Å². The van der Waals surface area contributed by atoms with E-state index in [0.29, 0.717) is 17.1 Å². The largest absolute Gasteiger partial charge is 0.478 e. The number of carboxylic acid groups (broad SMARTS) is 1. The van der Waals surface area contributed by atoms with Gasteiger partial charge >= 0.3 is 5.97 Å². The van der Waals surface area contributed by atoms with Crippen LogP contribution in [0.5, 0.6) is 0 Å². The highest BCUT2D eigenvalue weighted by Crippen LogP contribution is 2.29. The molecular formula is C17H13FN2O2. The number of carbonyl (C=O) groups is 1. The predicted octanol–water partition coefficient (Wildman–Crippen LogP) is 3.69. The second-order valence-electron chi connectivity index (χ2n) is 4.87. The first-order chi connectivity index (χ1) is 10.6. The first-order valence-corrected chi connectivity index (χ1v) is 6.72. The molecule has 0 saturated carbocycles. The van der Waals surface area contributed by atoms with Crippen LogP contribution in [0.2, 0.25) is 0 Å². The number of hydrogen-bond donors (Lipinski definition) is 1. The molecule has 3 rings (SSSR count). The van der Waals surface area contributed by atoms with Gasteiger partial charge in [0.05, 0.1) is 17.1 Å². The van der Waals surface area contributed by atoms with Crippen LogP contribution in [0.4, 0.5) is 4.39 Å². The van der Waals surface area contributed by atoms with Gasteiger partial charge in [-0.2, -0.15) is 5.10 Å². The van der Waals surface area contributed by atoms with Crippen molar-refractivity contribution in [1.82, 2.24) is 9.78 Å². The lowest BCUT2D eigenvalue weighted by atomic mass is 10.1. The normalized spacial score (nSPS) is 10.6. The maximum absolute atomic E-state index is 13.1. The van der Waals surface area contributed by atoms with Crippen LogP contribution in [-0.4, -0.2) is 20.9 Å². The number of aromatic nitrogens is 2. The number of carboxylic acids is 1. The van der Waals surface area contributed by atoms with Gasteiger partial charge in [-0.3, -0.25) is 0 Å². The third kappa shape index (κ3) is 2.37. The van der Waals surface area contributed by atoms with E-state index >= 15 is 0 Å². The number of nitrogens with zero attached hydrogens (tertiary/aromatic N) is 2. The van der Waals surface area contributed by atoms with Gasteiger partial charge in [-0.05, 0) is 31.2 Å². The number of halogens is 1. The summed E-state index contributed by atoms with van der Waals surface area (Å²) in [6, 6.07) is 14.9. The summed E-state index contributed by atoms with van der Waals surface area (Å²) in [5.41, 5.74) is 2.39. The molecule has 110 valence electrons. The lowest BCUT2D eigenvalue weighted by molar-refractivity contribution is 0.0697. The monoisotopic (exact) mass is 296 g/mol. The minimum Gasteiger partial charge on any atom is -0.478 e. The molecule has 0 aliphatic heterocycles. The van der Waals surface area contributed by atoms with Crippen molar-refractivity contribution in [3.8, 4) is 16.9 Å². The van der Waals surface area contributed by atoms with Crippen LogP contribution >= 0.6 is 0 Å². The van der Waals surface area contributed by atoms with Crippen molar-refractivity contribution in [2.24, 2.45) is 0 Å². The van der Waals surface area contributed by atoms with E-state index in [-0.39, 0.29) is 11.4 Å². The minimum atomic E-state index is -1.04. The summed E-state index contributed by atoms with van der Waals surface area (Å²) in [6.45, 7) is 1.65. The number of benzene rings is 2. The third-order valence-electron chi connectivity index (χ3n) is 3.39. The van der Waals surface area contributed by atoms with E-state index in [4.69, 9.17) is 0 Å². The Morgan fingerprint density at radius 2 is 1.73 bits per heavy atom. The van der Waals surface area contributed by atoms with Crippen molar-refractivity contribution in [1.29, 1.82) is 0 Å². The summed E-state index contributed by atoms with van der Waals surface area (Å²) in [7, 11) is 0. The van der Waals surface area contributed by atoms with Crippen molar-refractivity contribution >= 4 is 5.97 Å². The smallest absolute Gasteiger partial charge is 0.339 e. The third-order valence-corrected chi connectivity index (χ3v) is 3.39. The highest BCUT2D eigenvalue weighted by Gasteiger charge is 2.22. The highest BCUT2D eigenvalue weighted by atomic mass is 19.1. The zero-order chi connectivity index (χ0) is 15.7. The average molecular weight is 296 g/mol. The second kappa shape index (κ2) is 5.44. The van der Waals surface area contributed by atoms with Crippen molar-refractivity contribution in [2.75, 3.05) is 0 Å². The Hall–Kier alpha value is -2.95. The van der Waals surface area contributed by atoms with E-state index in [1.807, 2.05) is 30.3 Å². The van der Waals surface area contributed by atoms with Gasteiger partial charge in [0.1, 0.15) is 11.4 Å². The van der Waals surface area contributed by atoms with Crippen LogP contribution in [0.3, 0.4) is 0 Å². The summed E-state index contributed by atoms with van der Waals surface area (Å²) in [5.74, 6) is -1.39. The topological polar surface area (TPSA) is 55.1 Å². The number of aromatic carboxylic acids is 1. The van der Waals surface area contributed by atoms with Gasteiger partial charge in [0.2, 0.25) is 0 Å². The summed E-state index contributed by atoms with van der Waals surface area (Å²) >= 11 is 0. The van der Waals surface area contributed by atoms with Crippen LogP contribution in [0, 0.1) is 12.7 Å². The molecular weight excluding hydrogens is 283 g/mol. The Kier molecular flexibility index (Phi) is 3.47. The van der Waals surface area contributed by atoms with Gasteiger partial charge in [0.15, 0.2) is 0 Å². The lowest BCUT2D eigenvalue weighted by Crippen LogP contribution is -2.03. The number of aryl methyl sites for hydroxylation is 1. The molecule has 0 radical (unpaired) electrons. The first kappa shape index (κ1) is 14.0. The summed E-state index contributed by atoms with van der Waals surface area (Å²) in [4.78, 5) is 11.6. The van der Waals surface area contributed by atoms with Crippen LogP contribution in [0.25, 0.3) is 16.9 Å². The van der Waals surface area contributed by atoms with Crippen molar-refractivity contribution in [3.05, 3.63) is 71.7 Å². The molecule has 0 aliphatic carbocycles. The molecule has 0 unspecified atom stereocenters. The Bertz CT molecular complexity index is 824. The number of rotatable bonds is 3. The maximum atomic E-state index is 13.1. The standard InChI is InChI=1S/C17H13FN2O2/c1-11-15(17(21)22)16(12-5-3-2-4-6-12)20(19-11)14-9-7-13(18)8-10-14/h2-10H,1H3,(H,21,22). The van der Waals surface area contributed by atoms with E-state index < -0.39 is 5.97 Å². The summed E-state index contributed by atoms with van der Waals surface area (Å²) < 4.78 is 14.7. The van der Waals surface area contributed by atoms with Crippen LogP contribution < -0.4 is 0 Å². The maximum Gasteiger partial charge on any atom is 0.339 e. The molecule has 2 aromatic carbocycles. The SMILES string of the molecule is Cc1nn(-c2ccc(F)cc2)c(-c2ccccc2)c1C(=O)O. The Labute approximate surface area is 126 Å². The Morgan fingerprint density at radius 1 is 1.09 bits per heavy atom. The fraction of sp³-hybridized carbons (Fsp3) is 0.0588. The molecule has 1 aromatic heterocycles. The summed E-state index contributed by atoms with van der Waals surface area (Å²) in [5, 5.41) is 13.8. The molecule has 0 spiro atoms. The van der Waals surface area contributed by atoms with Gasteiger partial charge in [-0.15, -0.1) is 0 Å². The average Bonchev–Trinajstić information content (AvgIpc) is 2.86. The number of hydrogen-bond acceptors (Lipinski definition) is 2. The highest BCUT2D eigenvalue weighted by molar-refractivity contribution is 5.96. The second-order valence-corrected chi connectivity index (χ2v) is 4.87. The fourth-order valence-corrected chi connectivity index (χ4v) is 2.42. The van der Waals surface area contributed by atoms with Gasteiger partial charge in [0, 0.05) is 5.56 Å². The molecule has 0 bridgehead atoms. The minimum absolute atomic E-state index is 0.149. The fourth-order valence-electron chi connectivity index (χ4n) is 2.42. The molecule has 5 heteroatoms. The zero-order valence-electron chi connectivity index (χ0n) is 11.8. The Balaban J connectivity index is 2.29. The van der Waals surface area contributed by atoms with E-state index in [9.17, 15) is 14.3 Å². The van der Waals surface area contributed by atoms with E-state index in [1.54, 1.807) is 19.1 Å². The van der Waals surface area contributed by atoms with Crippen molar-refractivity contribution in [2.45, 2.75) is 6.92 Å². The van der Waals surface area contributed by atoms with Crippen LogP contribution in [-0.2, 0) is 0 Å².